The van der Waals surface area contributed by atoms with Crippen molar-refractivity contribution >= 4 is 11.8 Å². The number of hydrogen-bond donors (Lipinski definition) is 1. The summed E-state index contributed by atoms with van der Waals surface area (Å²) in [5, 5.41) is 0. The van der Waals surface area contributed by atoms with E-state index in [1.165, 1.54) is 18.1 Å². The van der Waals surface area contributed by atoms with Gasteiger partial charge in [-0.3, -0.25) is 4.90 Å². The van der Waals surface area contributed by atoms with Crippen LogP contribution in [0.2, 0.25) is 0 Å². The van der Waals surface area contributed by atoms with Crippen LogP contribution >= 0.6 is 11.8 Å². The molecular formula is C10H22N2S. The van der Waals surface area contributed by atoms with Crippen LogP contribution in [0.5, 0.6) is 0 Å². The fourth-order valence-corrected chi connectivity index (χ4v) is 2.69. The fourth-order valence-electron chi connectivity index (χ4n) is 1.61. The first kappa shape index (κ1) is 11.3. The highest BCUT2D eigenvalue weighted by atomic mass is 32.2. The second-order valence-electron chi connectivity index (χ2n) is 4.76. The Morgan fingerprint density at radius 3 is 2.77 bits per heavy atom. The molecule has 0 saturated carbocycles. The Hall–Kier alpha value is 0.270. The molecule has 0 aromatic heterocycles. The first-order valence-electron chi connectivity index (χ1n) is 5.07. The van der Waals surface area contributed by atoms with Crippen molar-refractivity contribution in [1.29, 1.82) is 0 Å². The van der Waals surface area contributed by atoms with E-state index >= 15 is 0 Å². The van der Waals surface area contributed by atoms with Crippen molar-refractivity contribution in [3.05, 3.63) is 0 Å². The summed E-state index contributed by atoms with van der Waals surface area (Å²) in [6.07, 6.45) is 0. The van der Waals surface area contributed by atoms with Crippen molar-refractivity contribution in [2.75, 3.05) is 31.1 Å². The molecule has 0 aliphatic carbocycles. The van der Waals surface area contributed by atoms with E-state index in [2.05, 4.69) is 37.4 Å². The number of nitrogens with two attached hydrogens (primary N) is 1. The largest absolute Gasteiger partial charge is 0.330 e. The van der Waals surface area contributed by atoms with Gasteiger partial charge in [0, 0.05) is 30.6 Å². The molecule has 1 rings (SSSR count). The Bertz CT molecular complexity index is 159. The van der Waals surface area contributed by atoms with Gasteiger partial charge in [-0.1, -0.05) is 13.8 Å². The van der Waals surface area contributed by atoms with Crippen LogP contribution in [0.3, 0.4) is 0 Å². The fraction of sp³-hybridized carbons (Fsp3) is 1.00. The van der Waals surface area contributed by atoms with E-state index < -0.39 is 0 Å². The van der Waals surface area contributed by atoms with Gasteiger partial charge in [0.2, 0.25) is 0 Å². The SMILES string of the molecule is CC1CSCCN1CC(C)(C)CN. The van der Waals surface area contributed by atoms with Gasteiger partial charge in [-0.25, -0.2) is 0 Å². The molecule has 3 heteroatoms. The maximum atomic E-state index is 5.74. The summed E-state index contributed by atoms with van der Waals surface area (Å²) in [5.41, 5.74) is 6.01. The van der Waals surface area contributed by atoms with Crippen LogP contribution in [0.25, 0.3) is 0 Å². The molecule has 0 bridgehead atoms. The van der Waals surface area contributed by atoms with Crippen LogP contribution in [0.4, 0.5) is 0 Å². The zero-order valence-electron chi connectivity index (χ0n) is 9.05. The molecule has 1 heterocycles. The highest BCUT2D eigenvalue weighted by molar-refractivity contribution is 7.99. The summed E-state index contributed by atoms with van der Waals surface area (Å²) in [7, 11) is 0. The minimum atomic E-state index is 0.274. The van der Waals surface area contributed by atoms with Crippen LogP contribution < -0.4 is 5.73 Å². The molecule has 1 saturated heterocycles. The zero-order chi connectivity index (χ0) is 9.90. The highest BCUT2D eigenvalue weighted by Crippen LogP contribution is 2.21. The number of rotatable bonds is 3. The van der Waals surface area contributed by atoms with Gasteiger partial charge in [0.05, 0.1) is 0 Å². The smallest absolute Gasteiger partial charge is 0.0158 e. The third-order valence-corrected chi connectivity index (χ3v) is 3.88. The van der Waals surface area contributed by atoms with Gasteiger partial charge in [0.1, 0.15) is 0 Å². The van der Waals surface area contributed by atoms with Crippen molar-refractivity contribution < 1.29 is 0 Å². The van der Waals surface area contributed by atoms with Gasteiger partial charge >= 0.3 is 0 Å². The van der Waals surface area contributed by atoms with E-state index in [9.17, 15) is 0 Å². The molecule has 0 radical (unpaired) electrons. The molecule has 1 aliphatic rings. The predicted molar refractivity (Wildman–Crippen MR) is 61.2 cm³/mol. The Morgan fingerprint density at radius 1 is 1.54 bits per heavy atom. The second-order valence-corrected chi connectivity index (χ2v) is 5.91. The monoisotopic (exact) mass is 202 g/mol. The highest BCUT2D eigenvalue weighted by Gasteiger charge is 2.25. The lowest BCUT2D eigenvalue weighted by atomic mass is 9.92. The molecule has 1 atom stereocenters. The molecule has 2 N–H and O–H groups in total. The molecule has 0 spiro atoms. The molecule has 13 heavy (non-hydrogen) atoms. The minimum absolute atomic E-state index is 0.274. The maximum absolute atomic E-state index is 5.74. The summed E-state index contributed by atoms with van der Waals surface area (Å²) < 4.78 is 0. The summed E-state index contributed by atoms with van der Waals surface area (Å²) in [4.78, 5) is 2.57. The van der Waals surface area contributed by atoms with Crippen LogP contribution in [0.1, 0.15) is 20.8 Å². The molecule has 1 aliphatic heterocycles. The molecule has 2 nitrogen and oxygen atoms in total. The molecule has 1 fully saturated rings. The normalized spacial score (nSPS) is 26.3. The Balaban J connectivity index is 2.42. The van der Waals surface area contributed by atoms with Crippen LogP contribution in [0, 0.1) is 5.41 Å². The van der Waals surface area contributed by atoms with Crippen LogP contribution in [-0.4, -0.2) is 42.1 Å². The summed E-state index contributed by atoms with van der Waals surface area (Å²) in [6.45, 7) is 9.98. The molecule has 0 amide bonds. The third-order valence-electron chi connectivity index (χ3n) is 2.69. The molecule has 1 unspecified atom stereocenters. The van der Waals surface area contributed by atoms with Gasteiger partial charge < -0.3 is 5.73 Å². The number of thioether (sulfide) groups is 1. The van der Waals surface area contributed by atoms with Crippen molar-refractivity contribution in [3.63, 3.8) is 0 Å². The first-order valence-corrected chi connectivity index (χ1v) is 6.22. The van der Waals surface area contributed by atoms with E-state index in [1.807, 2.05) is 0 Å². The van der Waals surface area contributed by atoms with Gasteiger partial charge in [-0.05, 0) is 18.9 Å². The van der Waals surface area contributed by atoms with Crippen LogP contribution in [0.15, 0.2) is 0 Å². The summed E-state index contributed by atoms with van der Waals surface area (Å²) >= 11 is 2.07. The minimum Gasteiger partial charge on any atom is -0.330 e. The van der Waals surface area contributed by atoms with Gasteiger partial charge in [0.15, 0.2) is 0 Å². The lowest BCUT2D eigenvalue weighted by Gasteiger charge is -2.38. The van der Waals surface area contributed by atoms with E-state index in [0.29, 0.717) is 0 Å². The zero-order valence-corrected chi connectivity index (χ0v) is 9.86. The van der Waals surface area contributed by atoms with E-state index in [1.54, 1.807) is 0 Å². The van der Waals surface area contributed by atoms with Crippen molar-refractivity contribution in [1.82, 2.24) is 4.90 Å². The van der Waals surface area contributed by atoms with E-state index in [-0.39, 0.29) is 5.41 Å². The quantitative estimate of drug-likeness (QED) is 0.750. The van der Waals surface area contributed by atoms with Gasteiger partial charge in [-0.2, -0.15) is 11.8 Å². The number of nitrogens with zero attached hydrogens (tertiary/aromatic N) is 1. The van der Waals surface area contributed by atoms with Crippen molar-refractivity contribution in [3.8, 4) is 0 Å². The topological polar surface area (TPSA) is 29.3 Å². The number of hydrogen-bond acceptors (Lipinski definition) is 3. The molecule has 0 aromatic carbocycles. The van der Waals surface area contributed by atoms with Crippen molar-refractivity contribution in [2.24, 2.45) is 11.1 Å². The Morgan fingerprint density at radius 2 is 2.23 bits per heavy atom. The molecule has 78 valence electrons. The lowest BCUT2D eigenvalue weighted by Crippen LogP contribution is -2.47. The average molecular weight is 202 g/mol. The average Bonchev–Trinajstić information content (AvgIpc) is 2.09. The molecule has 0 aromatic rings. The van der Waals surface area contributed by atoms with E-state index in [0.717, 1.165) is 19.1 Å². The molecular weight excluding hydrogens is 180 g/mol. The summed E-state index contributed by atoms with van der Waals surface area (Å²) in [6, 6.07) is 0.726. The van der Waals surface area contributed by atoms with Gasteiger partial charge in [-0.15, -0.1) is 0 Å². The predicted octanol–water partition coefficient (Wildman–Crippen LogP) is 1.41. The van der Waals surface area contributed by atoms with Crippen LogP contribution in [-0.2, 0) is 0 Å². The summed E-state index contributed by atoms with van der Waals surface area (Å²) in [5.74, 6) is 2.56. The van der Waals surface area contributed by atoms with E-state index in [4.69, 9.17) is 5.73 Å². The second kappa shape index (κ2) is 4.67. The van der Waals surface area contributed by atoms with Crippen molar-refractivity contribution in [2.45, 2.75) is 26.8 Å². The Labute approximate surface area is 86.2 Å². The lowest BCUT2D eigenvalue weighted by molar-refractivity contribution is 0.155. The first-order chi connectivity index (χ1) is 6.05. The Kier molecular flexibility index (Phi) is 4.07. The standard InChI is InChI=1S/C10H22N2S/c1-9-6-13-5-4-12(9)8-10(2,3)7-11/h9H,4-8,11H2,1-3H3. The maximum Gasteiger partial charge on any atom is 0.0158 e. The van der Waals surface area contributed by atoms with Gasteiger partial charge in [0.25, 0.3) is 0 Å². The third kappa shape index (κ3) is 3.49.